The number of carbonyl (C=O) groups excluding carboxylic acids is 1. The molecule has 21 nitrogen and oxygen atoms in total. The van der Waals surface area contributed by atoms with Crippen molar-refractivity contribution in [3.8, 4) is 22.3 Å². The first-order chi connectivity index (χ1) is 44.9. The number of nitrogens with zero attached hydrogens (tertiary/aromatic N) is 8. The van der Waals surface area contributed by atoms with Crippen LogP contribution in [0.15, 0.2) is 177 Å². The second-order valence-electron chi connectivity index (χ2n) is 21.7. The normalized spacial score (nSPS) is 15.3. The molecule has 3 atom stereocenters. The number of hydrogen-bond acceptors (Lipinski definition) is 20. The summed E-state index contributed by atoms with van der Waals surface area (Å²) >= 11 is 4.82. The minimum atomic E-state index is -0.385. The molecule has 0 spiro atoms. The highest BCUT2D eigenvalue weighted by Crippen LogP contribution is 2.50. The zero-order valence-electron chi connectivity index (χ0n) is 50.6. The third-order valence-electron chi connectivity index (χ3n) is 15.8. The highest BCUT2D eigenvalue weighted by atomic mass is 32.1. The topological polar surface area (TPSA) is 211 Å². The molecular weight excluding hydrogens is 1180 g/mol. The minimum absolute atomic E-state index is 0.0339. The van der Waals surface area contributed by atoms with E-state index >= 15 is 0 Å². The highest BCUT2D eigenvalue weighted by Gasteiger charge is 2.41. The molecule has 8 aromatic rings. The molecule has 0 bridgehead atoms. The van der Waals surface area contributed by atoms with Gasteiger partial charge in [-0.25, -0.2) is 5.01 Å². The van der Waals surface area contributed by atoms with E-state index in [4.69, 9.17) is 70.0 Å². The average Bonchev–Trinajstić information content (AvgIpc) is 1.61. The number of aromatic nitrogens is 1. The van der Waals surface area contributed by atoms with Crippen LogP contribution >= 0.6 is 12.2 Å². The molecule has 1 amide bonds. The van der Waals surface area contributed by atoms with Crippen LogP contribution in [0.2, 0.25) is 0 Å². The predicted octanol–water partition coefficient (Wildman–Crippen LogP) is 10.7. The number of thiocarbonyl (C=S) groups is 1. The Morgan fingerprint density at radius 3 is 1.93 bits per heavy atom. The van der Waals surface area contributed by atoms with Crippen LogP contribution in [0.25, 0.3) is 33.2 Å². The van der Waals surface area contributed by atoms with Crippen molar-refractivity contribution in [2.45, 2.75) is 37.7 Å². The van der Waals surface area contributed by atoms with E-state index in [1.807, 2.05) is 102 Å². The van der Waals surface area contributed by atoms with Crippen molar-refractivity contribution in [2.24, 2.45) is 20.5 Å². The van der Waals surface area contributed by atoms with Crippen molar-refractivity contribution in [3.63, 3.8) is 0 Å². The van der Waals surface area contributed by atoms with Crippen LogP contribution in [0.1, 0.15) is 46.3 Å². The molecule has 0 aliphatic carbocycles. The van der Waals surface area contributed by atoms with Gasteiger partial charge in [0, 0.05) is 52.0 Å². The number of isothiocyanates is 1. The highest BCUT2D eigenvalue weighted by molar-refractivity contribution is 7.78. The Kier molecular flexibility index (Phi) is 23.4. The number of aliphatic imine (C=N–C) groups is 1. The van der Waals surface area contributed by atoms with Crippen LogP contribution in [0, 0.1) is 0 Å². The Morgan fingerprint density at radius 2 is 1.20 bits per heavy atom. The number of benzene rings is 6. The lowest BCUT2D eigenvalue weighted by atomic mass is 9.87. The Balaban J connectivity index is 0.581. The summed E-state index contributed by atoms with van der Waals surface area (Å²) in [5.74, 6) is -0.0890. The molecule has 0 saturated heterocycles. The molecule has 0 fully saturated rings. The quantitative estimate of drug-likeness (QED) is 0.0127. The Hall–Kier alpha value is -8.35. The van der Waals surface area contributed by atoms with E-state index in [1.54, 1.807) is 17.3 Å². The summed E-state index contributed by atoms with van der Waals surface area (Å²) in [6, 6.07) is 47.2. The Bertz CT molecular complexity index is 3770. The number of fused-ring (bicyclic) bond motifs is 11. The molecule has 1 N–H and O–H groups in total. The number of rotatable bonds is 36. The number of amides is 1. The van der Waals surface area contributed by atoms with Crippen LogP contribution in [0.4, 0.5) is 22.7 Å². The van der Waals surface area contributed by atoms with Crippen molar-refractivity contribution in [1.29, 1.82) is 0 Å². The van der Waals surface area contributed by atoms with Gasteiger partial charge in [0.15, 0.2) is 5.43 Å². The largest absolute Gasteiger partial charge is 0.428 e. The predicted molar refractivity (Wildman–Crippen MR) is 349 cm³/mol. The standard InChI is InChI=1S/C69H74N8O13S/c78-64(75-45-51-12-1-3-14-57(51)65-66(69(65)79)59-16-6-9-19-62(59)75)25-27-81-29-31-83-35-37-87-47-55(48-88-38-36-84-33-34-86-40-42-90-71-43-52-46-76(80)63-20-10-5-13-56(52)63)89-41-39-85-32-30-82-28-26-74-44-50-11-2-4-15-58(50)68-67(60-17-7-8-18-61(60)74)72-73-77(68)54-23-21-53(22-24-54)70-49-91/h1-24,43,46,55,67-68,80H,25-42,44-45,47-48H2/b71-43+. The Labute approximate surface area is 533 Å². The number of hydrogen-bond donors (Lipinski definition) is 1. The first-order valence-electron chi connectivity index (χ1n) is 30.7. The van der Waals surface area contributed by atoms with Crippen LogP contribution < -0.4 is 20.2 Å². The molecule has 1 aromatic heterocycles. The minimum Gasteiger partial charge on any atom is -0.428 e. The number of para-hydroxylation sites is 3. The monoisotopic (exact) mass is 1250 g/mol. The fourth-order valence-corrected chi connectivity index (χ4v) is 11.5. The van der Waals surface area contributed by atoms with E-state index in [1.165, 1.54) is 11.1 Å². The van der Waals surface area contributed by atoms with Gasteiger partial charge in [-0.1, -0.05) is 114 Å². The van der Waals surface area contributed by atoms with E-state index in [-0.39, 0.29) is 62.4 Å². The summed E-state index contributed by atoms with van der Waals surface area (Å²) < 4.78 is 54.3. The molecule has 3 aliphatic rings. The summed E-state index contributed by atoms with van der Waals surface area (Å²) in [4.78, 5) is 40.2. The van der Waals surface area contributed by atoms with Gasteiger partial charge in [0.05, 0.1) is 165 Å². The number of ether oxygens (including phenoxy) is 9. The lowest BCUT2D eigenvalue weighted by Crippen LogP contribution is -2.33. The molecule has 4 heterocycles. The van der Waals surface area contributed by atoms with Crippen LogP contribution in [0.3, 0.4) is 0 Å². The number of carbonyl (C=O) groups is 1. The summed E-state index contributed by atoms with van der Waals surface area (Å²) in [6.45, 7) is 7.72. The lowest BCUT2D eigenvalue weighted by molar-refractivity contribution is -0.120. The molecule has 0 radical (unpaired) electrons. The molecule has 22 heteroatoms. The maximum absolute atomic E-state index is 13.7. The van der Waals surface area contributed by atoms with Gasteiger partial charge >= 0.3 is 0 Å². The first kappa shape index (κ1) is 64.2. The zero-order valence-corrected chi connectivity index (χ0v) is 51.4. The van der Waals surface area contributed by atoms with Crippen molar-refractivity contribution in [2.75, 3.05) is 140 Å². The third-order valence-corrected chi connectivity index (χ3v) is 15.9. The average molecular weight is 1260 g/mol. The molecule has 3 unspecified atom stereocenters. The van der Waals surface area contributed by atoms with E-state index in [0.29, 0.717) is 123 Å². The fraction of sp³-hybridized carbons (Fsp3) is 0.362. The first-order valence-corrected chi connectivity index (χ1v) is 31.1. The molecular formula is C69H74N8O13S. The summed E-state index contributed by atoms with van der Waals surface area (Å²) in [6.07, 6.45) is 2.92. The molecule has 474 valence electrons. The molecule has 3 aliphatic heterocycles. The van der Waals surface area contributed by atoms with Gasteiger partial charge in [0.25, 0.3) is 0 Å². The van der Waals surface area contributed by atoms with Crippen LogP contribution in [-0.2, 0) is 65.4 Å². The summed E-state index contributed by atoms with van der Waals surface area (Å²) in [7, 11) is 0. The van der Waals surface area contributed by atoms with E-state index < -0.39 is 0 Å². The maximum Gasteiger partial charge on any atom is 0.229 e. The molecule has 11 rings (SSSR count). The van der Waals surface area contributed by atoms with E-state index in [0.717, 1.165) is 66.2 Å². The van der Waals surface area contributed by atoms with Gasteiger partial charge in [0.1, 0.15) is 24.8 Å². The van der Waals surface area contributed by atoms with Gasteiger partial charge < -0.3 is 62.5 Å². The number of oxime groups is 1. The zero-order chi connectivity index (χ0) is 62.4. The molecule has 7 aromatic carbocycles. The van der Waals surface area contributed by atoms with Crippen molar-refractivity contribution < 1.29 is 57.5 Å². The maximum atomic E-state index is 13.7. The second-order valence-corrected chi connectivity index (χ2v) is 21.8. The van der Waals surface area contributed by atoms with Gasteiger partial charge in [0.2, 0.25) is 5.91 Å². The van der Waals surface area contributed by atoms with Gasteiger partial charge in [-0.2, -0.15) is 14.8 Å². The molecule has 0 saturated carbocycles. The number of anilines is 3. The molecule has 91 heavy (non-hydrogen) atoms. The van der Waals surface area contributed by atoms with Gasteiger partial charge in [-0.05, 0) is 76.9 Å². The van der Waals surface area contributed by atoms with Crippen molar-refractivity contribution >= 4 is 63.2 Å². The SMILES string of the molecule is O=C(CCOCCOCCOCC(COCCOCCOCCO/N=C/c1cn(O)c2ccccc12)OCCOCCOCCN1Cc2ccccc2C2C(N=NN2c2ccc(N=C=S)cc2)c2ccccc21)N1Cc2ccccc2-c2c(c2=O)-c2ccccc21. The van der Waals surface area contributed by atoms with Gasteiger partial charge in [-0.3, -0.25) is 9.59 Å². The Morgan fingerprint density at radius 1 is 0.615 bits per heavy atom. The third kappa shape index (κ3) is 16.8. The second kappa shape index (κ2) is 33.1. The van der Waals surface area contributed by atoms with Gasteiger partial charge in [-0.15, -0.1) is 0 Å². The summed E-state index contributed by atoms with van der Waals surface area (Å²) in [5.41, 5.74) is 12.4. The van der Waals surface area contributed by atoms with Crippen molar-refractivity contribution in [3.05, 3.63) is 190 Å². The smallest absolute Gasteiger partial charge is 0.229 e. The van der Waals surface area contributed by atoms with Crippen LogP contribution in [0.5, 0.6) is 0 Å². The summed E-state index contributed by atoms with van der Waals surface area (Å²) in [5, 5.41) is 29.0. The van der Waals surface area contributed by atoms with Crippen molar-refractivity contribution in [1.82, 2.24) is 4.73 Å². The lowest BCUT2D eigenvalue weighted by Gasteiger charge is -2.35. The van der Waals surface area contributed by atoms with E-state index in [2.05, 4.69) is 68.7 Å². The van der Waals surface area contributed by atoms with Crippen LogP contribution in [-0.4, -0.2) is 159 Å². The van der Waals surface area contributed by atoms with E-state index in [9.17, 15) is 14.8 Å². The fourth-order valence-electron chi connectivity index (χ4n) is 11.4.